The second-order valence-corrected chi connectivity index (χ2v) is 3.56. The lowest BCUT2D eigenvalue weighted by Gasteiger charge is -2.06. The van der Waals surface area contributed by atoms with Gasteiger partial charge in [-0.15, -0.1) is 0 Å². The van der Waals surface area contributed by atoms with E-state index in [1.54, 1.807) is 18.2 Å². The van der Waals surface area contributed by atoms with E-state index in [1.807, 2.05) is 13.8 Å². The fourth-order valence-corrected chi connectivity index (χ4v) is 0.986. The molecule has 0 fully saturated rings. The molecule has 0 aliphatic carbocycles. The van der Waals surface area contributed by atoms with E-state index in [4.69, 9.17) is 5.73 Å². The monoisotopic (exact) mass is 217 g/mol. The molecule has 84 valence electrons. The lowest BCUT2D eigenvalue weighted by atomic mass is 10.2. The van der Waals surface area contributed by atoms with Crippen LogP contribution in [0.1, 0.15) is 19.5 Å². The SMILES string of the molecule is CC(C)C(=O)Nc1cccc(C#CCN)n1. The van der Waals surface area contributed by atoms with Gasteiger partial charge >= 0.3 is 0 Å². The second kappa shape index (κ2) is 5.89. The number of hydrogen-bond acceptors (Lipinski definition) is 3. The highest BCUT2D eigenvalue weighted by molar-refractivity contribution is 5.91. The van der Waals surface area contributed by atoms with Crippen LogP contribution in [0, 0.1) is 17.8 Å². The molecule has 4 heteroatoms. The van der Waals surface area contributed by atoms with Crippen LogP contribution in [0.4, 0.5) is 5.82 Å². The highest BCUT2D eigenvalue weighted by Crippen LogP contribution is 2.06. The van der Waals surface area contributed by atoms with Crippen molar-refractivity contribution in [2.24, 2.45) is 11.7 Å². The molecule has 3 N–H and O–H groups in total. The van der Waals surface area contributed by atoms with Gasteiger partial charge in [-0.1, -0.05) is 25.8 Å². The molecular formula is C12H15N3O. The van der Waals surface area contributed by atoms with Crippen LogP contribution in [-0.4, -0.2) is 17.4 Å². The number of hydrogen-bond donors (Lipinski definition) is 2. The molecule has 0 aliphatic rings. The van der Waals surface area contributed by atoms with Crippen molar-refractivity contribution in [3.63, 3.8) is 0 Å². The Balaban J connectivity index is 2.78. The molecule has 0 unspecified atom stereocenters. The van der Waals surface area contributed by atoms with Crippen molar-refractivity contribution in [3.8, 4) is 11.8 Å². The maximum Gasteiger partial charge on any atom is 0.228 e. The summed E-state index contributed by atoms with van der Waals surface area (Å²) in [6.45, 7) is 3.95. The van der Waals surface area contributed by atoms with Gasteiger partial charge in [0.05, 0.1) is 6.54 Å². The molecule has 1 amide bonds. The van der Waals surface area contributed by atoms with Crippen molar-refractivity contribution in [1.82, 2.24) is 4.98 Å². The number of nitrogens with one attached hydrogen (secondary N) is 1. The van der Waals surface area contributed by atoms with E-state index < -0.39 is 0 Å². The summed E-state index contributed by atoms with van der Waals surface area (Å²) < 4.78 is 0. The molecule has 0 radical (unpaired) electrons. The Labute approximate surface area is 95.3 Å². The second-order valence-electron chi connectivity index (χ2n) is 3.56. The van der Waals surface area contributed by atoms with Gasteiger partial charge in [0.15, 0.2) is 0 Å². The number of anilines is 1. The Kier molecular flexibility index (Phi) is 4.49. The number of carbonyl (C=O) groups excluding carboxylic acids is 1. The Morgan fingerprint density at radius 2 is 2.31 bits per heavy atom. The first-order valence-corrected chi connectivity index (χ1v) is 5.10. The molecule has 1 rings (SSSR count). The quantitative estimate of drug-likeness (QED) is 0.726. The van der Waals surface area contributed by atoms with Gasteiger partial charge in [-0.3, -0.25) is 4.79 Å². The summed E-state index contributed by atoms with van der Waals surface area (Å²) >= 11 is 0. The van der Waals surface area contributed by atoms with Gasteiger partial charge in [-0.2, -0.15) is 0 Å². The highest BCUT2D eigenvalue weighted by Gasteiger charge is 2.07. The largest absolute Gasteiger partial charge is 0.320 e. The number of pyridine rings is 1. The summed E-state index contributed by atoms with van der Waals surface area (Å²) in [4.78, 5) is 15.6. The van der Waals surface area contributed by atoms with Crippen molar-refractivity contribution in [2.45, 2.75) is 13.8 Å². The predicted octanol–water partition coefficient (Wildman–Crippen LogP) is 0.986. The van der Waals surface area contributed by atoms with Gasteiger partial charge in [0.25, 0.3) is 0 Å². The topological polar surface area (TPSA) is 68.0 Å². The fraction of sp³-hybridized carbons (Fsp3) is 0.333. The van der Waals surface area contributed by atoms with Crippen LogP contribution in [-0.2, 0) is 4.79 Å². The fourth-order valence-electron chi connectivity index (χ4n) is 0.986. The van der Waals surface area contributed by atoms with E-state index in [1.165, 1.54) is 0 Å². The number of nitrogens with zero attached hydrogens (tertiary/aromatic N) is 1. The summed E-state index contributed by atoms with van der Waals surface area (Å²) in [6.07, 6.45) is 0. The van der Waals surface area contributed by atoms with E-state index in [9.17, 15) is 4.79 Å². The van der Waals surface area contributed by atoms with Crippen LogP contribution in [0.2, 0.25) is 0 Å². The van der Waals surface area contributed by atoms with Gasteiger partial charge in [0, 0.05) is 5.92 Å². The zero-order valence-electron chi connectivity index (χ0n) is 9.45. The standard InChI is InChI=1S/C12H15N3O/c1-9(2)12(16)15-11-7-3-5-10(14-11)6-4-8-13/h3,5,7,9H,8,13H2,1-2H3,(H,14,15,16). The average Bonchev–Trinajstić information content (AvgIpc) is 2.26. The van der Waals surface area contributed by atoms with Crippen molar-refractivity contribution in [2.75, 3.05) is 11.9 Å². The van der Waals surface area contributed by atoms with E-state index >= 15 is 0 Å². The summed E-state index contributed by atoms with van der Waals surface area (Å²) in [5.41, 5.74) is 5.87. The Hall–Kier alpha value is -1.86. The zero-order chi connectivity index (χ0) is 12.0. The number of rotatable bonds is 2. The molecule has 0 bridgehead atoms. The minimum absolute atomic E-state index is 0.0589. The Morgan fingerprint density at radius 3 is 2.94 bits per heavy atom. The maximum absolute atomic E-state index is 11.4. The molecule has 0 saturated heterocycles. The van der Waals surface area contributed by atoms with Crippen LogP contribution in [0.15, 0.2) is 18.2 Å². The summed E-state index contributed by atoms with van der Waals surface area (Å²) in [7, 11) is 0. The number of carbonyl (C=O) groups is 1. The van der Waals surface area contributed by atoms with Crippen LogP contribution in [0.5, 0.6) is 0 Å². The predicted molar refractivity (Wildman–Crippen MR) is 63.6 cm³/mol. The first kappa shape index (κ1) is 12.2. The molecule has 1 aromatic heterocycles. The summed E-state index contributed by atoms with van der Waals surface area (Å²) in [6, 6.07) is 5.30. The van der Waals surface area contributed by atoms with Crippen molar-refractivity contribution >= 4 is 11.7 Å². The van der Waals surface area contributed by atoms with E-state index in [-0.39, 0.29) is 11.8 Å². The first-order chi connectivity index (χ1) is 7.63. The van der Waals surface area contributed by atoms with Crippen LogP contribution in [0.25, 0.3) is 0 Å². The molecule has 16 heavy (non-hydrogen) atoms. The summed E-state index contributed by atoms with van der Waals surface area (Å²) in [5.74, 6) is 5.91. The third-order valence-corrected chi connectivity index (χ3v) is 1.84. The van der Waals surface area contributed by atoms with E-state index in [2.05, 4.69) is 22.1 Å². The van der Waals surface area contributed by atoms with Gasteiger partial charge < -0.3 is 11.1 Å². The number of amides is 1. The lowest BCUT2D eigenvalue weighted by molar-refractivity contribution is -0.118. The van der Waals surface area contributed by atoms with E-state index in [0.717, 1.165) is 0 Å². The van der Waals surface area contributed by atoms with Crippen LogP contribution >= 0.6 is 0 Å². The van der Waals surface area contributed by atoms with E-state index in [0.29, 0.717) is 18.1 Å². The zero-order valence-corrected chi connectivity index (χ0v) is 9.45. The third-order valence-electron chi connectivity index (χ3n) is 1.84. The van der Waals surface area contributed by atoms with Gasteiger partial charge in [-0.25, -0.2) is 4.98 Å². The Bertz CT molecular complexity index is 429. The van der Waals surface area contributed by atoms with Gasteiger partial charge in [-0.05, 0) is 18.1 Å². The average molecular weight is 217 g/mol. The highest BCUT2D eigenvalue weighted by atomic mass is 16.1. The Morgan fingerprint density at radius 1 is 1.56 bits per heavy atom. The molecule has 0 spiro atoms. The molecule has 0 aromatic carbocycles. The van der Waals surface area contributed by atoms with Gasteiger partial charge in [0.1, 0.15) is 11.5 Å². The minimum atomic E-state index is -0.0689. The summed E-state index contributed by atoms with van der Waals surface area (Å²) in [5, 5.41) is 2.71. The lowest BCUT2D eigenvalue weighted by Crippen LogP contribution is -2.18. The molecule has 0 aliphatic heterocycles. The third kappa shape index (κ3) is 3.71. The van der Waals surface area contributed by atoms with Gasteiger partial charge in [0.2, 0.25) is 5.91 Å². The molecular weight excluding hydrogens is 202 g/mol. The van der Waals surface area contributed by atoms with Crippen LogP contribution in [0.3, 0.4) is 0 Å². The smallest absolute Gasteiger partial charge is 0.228 e. The molecule has 1 heterocycles. The minimum Gasteiger partial charge on any atom is -0.320 e. The van der Waals surface area contributed by atoms with Crippen LogP contribution < -0.4 is 11.1 Å². The normalized spacial score (nSPS) is 9.50. The molecule has 4 nitrogen and oxygen atoms in total. The first-order valence-electron chi connectivity index (χ1n) is 5.10. The molecule has 0 atom stereocenters. The molecule has 0 saturated carbocycles. The number of nitrogens with two attached hydrogens (primary N) is 1. The van der Waals surface area contributed by atoms with Crippen molar-refractivity contribution in [3.05, 3.63) is 23.9 Å². The molecule has 1 aromatic rings. The maximum atomic E-state index is 11.4. The van der Waals surface area contributed by atoms with Crippen molar-refractivity contribution in [1.29, 1.82) is 0 Å². The number of aromatic nitrogens is 1. The van der Waals surface area contributed by atoms with Crippen molar-refractivity contribution < 1.29 is 4.79 Å².